The molecule has 86 valence electrons. The van der Waals surface area contributed by atoms with E-state index in [4.69, 9.17) is 0 Å². The smallest absolute Gasteiger partial charge is 0.317 e. The van der Waals surface area contributed by atoms with E-state index in [2.05, 4.69) is 10.6 Å². The second kappa shape index (κ2) is 4.51. The number of hydrogen-bond donors (Lipinski definition) is 2. The lowest BCUT2D eigenvalue weighted by molar-refractivity contribution is -0.129. The van der Waals surface area contributed by atoms with E-state index in [0.29, 0.717) is 6.54 Å². The second-order valence-corrected chi connectivity index (χ2v) is 4.47. The van der Waals surface area contributed by atoms with E-state index < -0.39 is 5.41 Å². The first-order valence-corrected chi connectivity index (χ1v) is 5.22. The molecule has 3 amide bonds. The summed E-state index contributed by atoms with van der Waals surface area (Å²) >= 11 is 0. The van der Waals surface area contributed by atoms with Crippen LogP contribution in [0.25, 0.3) is 0 Å². The van der Waals surface area contributed by atoms with Gasteiger partial charge in [0.05, 0.1) is 5.41 Å². The lowest BCUT2D eigenvalue weighted by Crippen LogP contribution is -2.52. The molecular weight excluding hydrogens is 194 g/mol. The third-order valence-corrected chi connectivity index (χ3v) is 2.60. The third-order valence-electron chi connectivity index (χ3n) is 2.60. The summed E-state index contributed by atoms with van der Waals surface area (Å²) in [6.07, 6.45) is 0.940. The van der Waals surface area contributed by atoms with Gasteiger partial charge in [0.2, 0.25) is 5.91 Å². The van der Waals surface area contributed by atoms with Crippen LogP contribution in [0.2, 0.25) is 0 Å². The third kappa shape index (κ3) is 2.84. The summed E-state index contributed by atoms with van der Waals surface area (Å²) in [5.41, 5.74) is -0.538. The Balaban J connectivity index is 2.59. The van der Waals surface area contributed by atoms with Crippen molar-refractivity contribution in [3.63, 3.8) is 0 Å². The molecule has 0 aromatic carbocycles. The zero-order valence-corrected chi connectivity index (χ0v) is 9.59. The molecule has 0 spiro atoms. The van der Waals surface area contributed by atoms with E-state index in [1.54, 1.807) is 11.9 Å². The molecule has 1 heterocycles. The van der Waals surface area contributed by atoms with Crippen molar-refractivity contribution in [1.29, 1.82) is 0 Å². The van der Waals surface area contributed by atoms with E-state index in [0.717, 1.165) is 19.5 Å². The predicted octanol–water partition coefficient (Wildman–Crippen LogP) is 0.174. The van der Waals surface area contributed by atoms with E-state index >= 15 is 0 Å². The fourth-order valence-corrected chi connectivity index (χ4v) is 1.72. The Labute approximate surface area is 90.2 Å². The van der Waals surface area contributed by atoms with Crippen molar-refractivity contribution in [2.24, 2.45) is 5.41 Å². The standard InChI is InChI=1S/C10H19N3O2/c1-10(2,8(14)11-3)7-13-6-4-5-12-9(13)15/h4-7H2,1-3H3,(H,11,14)(H,12,15). The van der Waals surface area contributed by atoms with Gasteiger partial charge in [-0.1, -0.05) is 0 Å². The first-order chi connectivity index (χ1) is 6.97. The maximum absolute atomic E-state index is 11.5. The van der Waals surface area contributed by atoms with E-state index in [1.807, 2.05) is 13.8 Å². The van der Waals surface area contributed by atoms with Gasteiger partial charge < -0.3 is 15.5 Å². The van der Waals surface area contributed by atoms with Gasteiger partial charge in [-0.05, 0) is 20.3 Å². The minimum absolute atomic E-state index is 0.0409. The van der Waals surface area contributed by atoms with Crippen molar-refractivity contribution in [1.82, 2.24) is 15.5 Å². The number of carbonyl (C=O) groups excluding carboxylic acids is 2. The Morgan fingerprint density at radius 1 is 1.60 bits per heavy atom. The molecule has 0 saturated carbocycles. The molecule has 1 saturated heterocycles. The molecule has 0 atom stereocenters. The maximum Gasteiger partial charge on any atom is 0.317 e. The highest BCUT2D eigenvalue weighted by atomic mass is 16.2. The lowest BCUT2D eigenvalue weighted by atomic mass is 9.91. The van der Waals surface area contributed by atoms with Crippen molar-refractivity contribution >= 4 is 11.9 Å². The van der Waals surface area contributed by atoms with Crippen molar-refractivity contribution in [3.05, 3.63) is 0 Å². The first-order valence-electron chi connectivity index (χ1n) is 5.22. The highest BCUT2D eigenvalue weighted by Gasteiger charge is 2.31. The van der Waals surface area contributed by atoms with Crippen LogP contribution >= 0.6 is 0 Å². The molecule has 1 rings (SSSR count). The summed E-state index contributed by atoms with van der Waals surface area (Å²) in [7, 11) is 1.61. The van der Waals surface area contributed by atoms with Crippen LogP contribution in [0.3, 0.4) is 0 Å². The number of hydrogen-bond acceptors (Lipinski definition) is 2. The summed E-state index contributed by atoms with van der Waals surface area (Å²) in [5, 5.41) is 5.38. The lowest BCUT2D eigenvalue weighted by Gasteiger charge is -2.33. The molecule has 1 fully saturated rings. The Hall–Kier alpha value is -1.26. The largest absolute Gasteiger partial charge is 0.359 e. The molecule has 0 radical (unpaired) electrons. The van der Waals surface area contributed by atoms with Crippen LogP contribution in [0.4, 0.5) is 4.79 Å². The molecule has 1 aliphatic heterocycles. The van der Waals surface area contributed by atoms with Crippen LogP contribution < -0.4 is 10.6 Å². The van der Waals surface area contributed by atoms with Crippen LogP contribution in [0, 0.1) is 5.41 Å². The summed E-state index contributed by atoms with van der Waals surface area (Å²) in [5.74, 6) is -0.0409. The molecule has 0 aliphatic carbocycles. The average molecular weight is 213 g/mol. The van der Waals surface area contributed by atoms with Gasteiger partial charge in [-0.3, -0.25) is 4.79 Å². The fraction of sp³-hybridized carbons (Fsp3) is 0.800. The SMILES string of the molecule is CNC(=O)C(C)(C)CN1CCCNC1=O. The van der Waals surface area contributed by atoms with Crippen LogP contribution in [0.5, 0.6) is 0 Å². The molecular formula is C10H19N3O2. The number of nitrogens with one attached hydrogen (secondary N) is 2. The minimum Gasteiger partial charge on any atom is -0.359 e. The zero-order valence-electron chi connectivity index (χ0n) is 9.59. The topological polar surface area (TPSA) is 61.4 Å². The summed E-state index contributed by atoms with van der Waals surface area (Å²) in [6.45, 7) is 5.60. The molecule has 15 heavy (non-hydrogen) atoms. The number of urea groups is 1. The Kier molecular flexibility index (Phi) is 3.55. The van der Waals surface area contributed by atoms with Crippen molar-refractivity contribution in [2.45, 2.75) is 20.3 Å². The predicted molar refractivity (Wildman–Crippen MR) is 57.4 cm³/mol. The van der Waals surface area contributed by atoms with Crippen LogP contribution in [0.15, 0.2) is 0 Å². The Bertz CT molecular complexity index is 263. The molecule has 0 aromatic rings. The van der Waals surface area contributed by atoms with Gasteiger partial charge in [0.25, 0.3) is 0 Å². The quantitative estimate of drug-likeness (QED) is 0.702. The number of amides is 3. The van der Waals surface area contributed by atoms with Crippen LogP contribution in [-0.2, 0) is 4.79 Å². The van der Waals surface area contributed by atoms with Gasteiger partial charge in [-0.15, -0.1) is 0 Å². The van der Waals surface area contributed by atoms with Crippen molar-refractivity contribution in [2.75, 3.05) is 26.7 Å². The molecule has 0 aromatic heterocycles. The molecule has 0 unspecified atom stereocenters. The van der Waals surface area contributed by atoms with Crippen molar-refractivity contribution < 1.29 is 9.59 Å². The van der Waals surface area contributed by atoms with Crippen LogP contribution in [-0.4, -0.2) is 43.5 Å². The summed E-state index contributed by atoms with van der Waals surface area (Å²) in [4.78, 5) is 24.7. The van der Waals surface area contributed by atoms with Crippen molar-refractivity contribution in [3.8, 4) is 0 Å². The summed E-state index contributed by atoms with van der Waals surface area (Å²) in [6, 6.07) is -0.0711. The van der Waals surface area contributed by atoms with Gasteiger partial charge in [-0.25, -0.2) is 4.79 Å². The normalized spacial score (nSPS) is 17.3. The maximum atomic E-state index is 11.5. The highest BCUT2D eigenvalue weighted by Crippen LogP contribution is 2.18. The monoisotopic (exact) mass is 213 g/mol. The van der Waals surface area contributed by atoms with E-state index in [9.17, 15) is 9.59 Å². The van der Waals surface area contributed by atoms with Gasteiger partial charge in [0, 0.05) is 26.7 Å². The van der Waals surface area contributed by atoms with Gasteiger partial charge >= 0.3 is 6.03 Å². The zero-order chi connectivity index (χ0) is 11.5. The number of rotatable bonds is 3. The van der Waals surface area contributed by atoms with Crippen LogP contribution in [0.1, 0.15) is 20.3 Å². The number of nitrogens with zero attached hydrogens (tertiary/aromatic N) is 1. The van der Waals surface area contributed by atoms with Gasteiger partial charge in [-0.2, -0.15) is 0 Å². The Morgan fingerprint density at radius 3 is 2.80 bits per heavy atom. The van der Waals surface area contributed by atoms with E-state index in [-0.39, 0.29) is 11.9 Å². The first kappa shape index (κ1) is 11.8. The summed E-state index contributed by atoms with van der Waals surface area (Å²) < 4.78 is 0. The second-order valence-electron chi connectivity index (χ2n) is 4.47. The van der Waals surface area contributed by atoms with Gasteiger partial charge in [0.15, 0.2) is 0 Å². The number of carbonyl (C=O) groups is 2. The highest BCUT2D eigenvalue weighted by molar-refractivity contribution is 5.83. The average Bonchev–Trinajstić information content (AvgIpc) is 2.20. The Morgan fingerprint density at radius 2 is 2.27 bits per heavy atom. The van der Waals surface area contributed by atoms with Gasteiger partial charge in [0.1, 0.15) is 0 Å². The molecule has 5 nitrogen and oxygen atoms in total. The fourth-order valence-electron chi connectivity index (χ4n) is 1.72. The minimum atomic E-state index is -0.538. The molecule has 1 aliphatic rings. The van der Waals surface area contributed by atoms with E-state index in [1.165, 1.54) is 0 Å². The molecule has 5 heteroatoms. The molecule has 0 bridgehead atoms. The molecule has 2 N–H and O–H groups in total.